The van der Waals surface area contributed by atoms with Gasteiger partial charge in [-0.2, -0.15) is 0 Å². The highest BCUT2D eigenvalue weighted by Crippen LogP contribution is 2.19. The Morgan fingerprint density at radius 1 is 1.41 bits per heavy atom. The van der Waals surface area contributed by atoms with Crippen molar-refractivity contribution in [2.24, 2.45) is 4.99 Å². The number of guanidine groups is 1. The van der Waals surface area contributed by atoms with Crippen LogP contribution in [0.5, 0.6) is 11.5 Å². The molecule has 0 aliphatic carbocycles. The molecule has 7 nitrogen and oxygen atoms in total. The standard InChI is InChI=1S/C19H30N4O3.HI/c1-5-18(24)23-10-9-15(13-23)22-19(20-3)21-12-14(2)26-17-8-6-7-16(11-17)25-4;/h6-8,11,14-15H,5,9-10,12-13H2,1-4H3,(H2,20,21,22);1H. The van der Waals surface area contributed by atoms with Crippen LogP contribution in [0.2, 0.25) is 0 Å². The Morgan fingerprint density at radius 3 is 2.81 bits per heavy atom. The average Bonchev–Trinajstić information content (AvgIpc) is 3.13. The van der Waals surface area contributed by atoms with E-state index in [-0.39, 0.29) is 42.0 Å². The number of benzene rings is 1. The summed E-state index contributed by atoms with van der Waals surface area (Å²) in [5, 5.41) is 6.66. The third kappa shape index (κ3) is 7.43. The first kappa shape index (κ1) is 23.3. The van der Waals surface area contributed by atoms with Gasteiger partial charge in [-0.1, -0.05) is 13.0 Å². The fourth-order valence-corrected chi connectivity index (χ4v) is 2.91. The van der Waals surface area contributed by atoms with Gasteiger partial charge in [0.25, 0.3) is 0 Å². The highest BCUT2D eigenvalue weighted by Gasteiger charge is 2.25. The highest BCUT2D eigenvalue weighted by atomic mass is 127. The van der Waals surface area contributed by atoms with Crippen molar-refractivity contribution in [2.75, 3.05) is 33.8 Å². The molecule has 0 bridgehead atoms. The van der Waals surface area contributed by atoms with Crippen molar-refractivity contribution in [2.45, 2.75) is 38.8 Å². The van der Waals surface area contributed by atoms with E-state index in [2.05, 4.69) is 15.6 Å². The van der Waals surface area contributed by atoms with Crippen LogP contribution in [0.3, 0.4) is 0 Å². The van der Waals surface area contributed by atoms with Gasteiger partial charge in [-0.05, 0) is 25.5 Å². The van der Waals surface area contributed by atoms with Crippen LogP contribution in [0.4, 0.5) is 0 Å². The number of hydrogen-bond donors (Lipinski definition) is 2. The zero-order valence-electron chi connectivity index (χ0n) is 16.5. The minimum Gasteiger partial charge on any atom is -0.497 e. The third-order valence-electron chi connectivity index (χ3n) is 4.34. The zero-order chi connectivity index (χ0) is 18.9. The minimum atomic E-state index is -0.0394. The summed E-state index contributed by atoms with van der Waals surface area (Å²) in [6.45, 7) is 6.03. The van der Waals surface area contributed by atoms with Gasteiger partial charge >= 0.3 is 0 Å². The van der Waals surface area contributed by atoms with Crippen molar-refractivity contribution in [1.82, 2.24) is 15.5 Å². The number of halogens is 1. The van der Waals surface area contributed by atoms with E-state index in [1.54, 1.807) is 14.2 Å². The summed E-state index contributed by atoms with van der Waals surface area (Å²) in [7, 11) is 3.38. The number of ether oxygens (including phenoxy) is 2. The summed E-state index contributed by atoms with van der Waals surface area (Å²) < 4.78 is 11.1. The van der Waals surface area contributed by atoms with Gasteiger partial charge in [0.1, 0.15) is 17.6 Å². The van der Waals surface area contributed by atoms with Crippen molar-refractivity contribution in [3.8, 4) is 11.5 Å². The van der Waals surface area contributed by atoms with Crippen molar-refractivity contribution in [1.29, 1.82) is 0 Å². The number of hydrogen-bond acceptors (Lipinski definition) is 4. The molecule has 2 unspecified atom stereocenters. The Hall–Kier alpha value is -1.71. The lowest BCUT2D eigenvalue weighted by Crippen LogP contribution is -2.47. The van der Waals surface area contributed by atoms with Gasteiger partial charge in [0, 0.05) is 38.7 Å². The molecule has 1 aliphatic heterocycles. The maximum Gasteiger partial charge on any atom is 0.222 e. The average molecular weight is 490 g/mol. The van der Waals surface area contributed by atoms with Crippen LogP contribution in [0.1, 0.15) is 26.7 Å². The van der Waals surface area contributed by atoms with Gasteiger partial charge in [-0.25, -0.2) is 0 Å². The molecule has 1 fully saturated rings. The number of amides is 1. The van der Waals surface area contributed by atoms with Gasteiger partial charge in [-0.15, -0.1) is 24.0 Å². The van der Waals surface area contributed by atoms with Crippen molar-refractivity contribution in [3.63, 3.8) is 0 Å². The lowest BCUT2D eigenvalue weighted by Gasteiger charge is -2.21. The molecule has 1 aliphatic rings. The first-order valence-corrected chi connectivity index (χ1v) is 9.11. The predicted molar refractivity (Wildman–Crippen MR) is 118 cm³/mol. The molecule has 1 aromatic rings. The Labute approximate surface area is 178 Å². The minimum absolute atomic E-state index is 0. The SMILES string of the molecule is CCC(=O)N1CCC(NC(=NC)NCC(C)Oc2cccc(OC)c2)C1.I. The molecule has 1 saturated heterocycles. The Bertz CT molecular complexity index is 627. The van der Waals surface area contributed by atoms with E-state index in [4.69, 9.17) is 9.47 Å². The number of nitrogens with one attached hydrogen (secondary N) is 2. The smallest absolute Gasteiger partial charge is 0.222 e. The van der Waals surface area contributed by atoms with E-state index in [1.165, 1.54) is 0 Å². The molecule has 0 spiro atoms. The summed E-state index contributed by atoms with van der Waals surface area (Å²) in [5.74, 6) is 2.47. The van der Waals surface area contributed by atoms with Crippen LogP contribution >= 0.6 is 24.0 Å². The normalized spacial score (nSPS) is 17.7. The predicted octanol–water partition coefficient (Wildman–Crippen LogP) is 2.26. The molecule has 1 aromatic carbocycles. The largest absolute Gasteiger partial charge is 0.497 e. The van der Waals surface area contributed by atoms with Gasteiger partial charge in [-0.3, -0.25) is 9.79 Å². The lowest BCUT2D eigenvalue weighted by molar-refractivity contribution is -0.129. The first-order chi connectivity index (χ1) is 12.5. The van der Waals surface area contributed by atoms with Crippen LogP contribution in [-0.2, 0) is 4.79 Å². The summed E-state index contributed by atoms with van der Waals surface area (Å²) in [6.07, 6.45) is 1.45. The van der Waals surface area contributed by atoms with Crippen molar-refractivity contribution < 1.29 is 14.3 Å². The maximum absolute atomic E-state index is 11.8. The molecular formula is C19H31IN4O3. The molecule has 1 amide bonds. The molecule has 0 radical (unpaired) electrons. The van der Waals surface area contributed by atoms with E-state index < -0.39 is 0 Å². The number of carbonyl (C=O) groups excluding carboxylic acids is 1. The molecule has 1 heterocycles. The molecule has 152 valence electrons. The topological polar surface area (TPSA) is 75.2 Å². The van der Waals surface area contributed by atoms with E-state index in [1.807, 2.05) is 43.0 Å². The molecule has 0 saturated carbocycles. The number of carbonyl (C=O) groups is 1. The fourth-order valence-electron chi connectivity index (χ4n) is 2.91. The molecule has 8 heteroatoms. The van der Waals surface area contributed by atoms with Gasteiger partial charge < -0.3 is 25.0 Å². The van der Waals surface area contributed by atoms with Crippen LogP contribution in [-0.4, -0.2) is 62.7 Å². The third-order valence-corrected chi connectivity index (χ3v) is 4.34. The fraction of sp³-hybridized carbons (Fsp3) is 0.579. The second kappa shape index (κ2) is 11.9. The molecule has 0 aromatic heterocycles. The van der Waals surface area contributed by atoms with E-state index in [0.717, 1.165) is 37.0 Å². The number of likely N-dealkylation sites (tertiary alicyclic amines) is 1. The van der Waals surface area contributed by atoms with E-state index in [9.17, 15) is 4.79 Å². The molecule has 2 atom stereocenters. The van der Waals surface area contributed by atoms with Crippen LogP contribution in [0, 0.1) is 0 Å². The number of methoxy groups -OCH3 is 1. The van der Waals surface area contributed by atoms with Gasteiger partial charge in [0.15, 0.2) is 5.96 Å². The summed E-state index contributed by atoms with van der Waals surface area (Å²) in [6, 6.07) is 7.78. The number of aliphatic imine (C=N–C) groups is 1. The van der Waals surface area contributed by atoms with Crippen molar-refractivity contribution in [3.05, 3.63) is 24.3 Å². The van der Waals surface area contributed by atoms with Crippen LogP contribution in [0.25, 0.3) is 0 Å². The molecule has 2 N–H and O–H groups in total. The first-order valence-electron chi connectivity index (χ1n) is 9.11. The highest BCUT2D eigenvalue weighted by molar-refractivity contribution is 14.0. The Morgan fingerprint density at radius 2 is 2.15 bits per heavy atom. The number of nitrogens with zero attached hydrogens (tertiary/aromatic N) is 2. The molecule has 27 heavy (non-hydrogen) atoms. The quantitative estimate of drug-likeness (QED) is 0.349. The second-order valence-electron chi connectivity index (χ2n) is 6.38. The Kier molecular flexibility index (Phi) is 10.3. The van der Waals surface area contributed by atoms with Gasteiger partial charge in [0.05, 0.1) is 13.7 Å². The van der Waals surface area contributed by atoms with E-state index >= 15 is 0 Å². The second-order valence-corrected chi connectivity index (χ2v) is 6.38. The summed E-state index contributed by atoms with van der Waals surface area (Å²) >= 11 is 0. The van der Waals surface area contributed by atoms with Crippen LogP contribution < -0.4 is 20.1 Å². The summed E-state index contributed by atoms with van der Waals surface area (Å²) in [4.78, 5) is 17.9. The van der Waals surface area contributed by atoms with Crippen LogP contribution in [0.15, 0.2) is 29.3 Å². The monoisotopic (exact) mass is 490 g/mol. The summed E-state index contributed by atoms with van der Waals surface area (Å²) in [5.41, 5.74) is 0. The van der Waals surface area contributed by atoms with Gasteiger partial charge in [0.2, 0.25) is 5.91 Å². The number of rotatable bonds is 7. The van der Waals surface area contributed by atoms with E-state index in [0.29, 0.717) is 13.0 Å². The molecule has 2 rings (SSSR count). The Balaban J connectivity index is 0.00000364. The van der Waals surface area contributed by atoms with Crippen molar-refractivity contribution >= 4 is 35.8 Å². The maximum atomic E-state index is 11.8. The molecular weight excluding hydrogens is 459 g/mol. The zero-order valence-corrected chi connectivity index (χ0v) is 18.9. The lowest BCUT2D eigenvalue weighted by atomic mass is 10.3.